The van der Waals surface area contributed by atoms with Gasteiger partial charge in [0.25, 0.3) is 0 Å². The maximum absolute atomic E-state index is 9.79. The molecule has 0 radical (unpaired) electrons. The van der Waals surface area contributed by atoms with E-state index in [0.29, 0.717) is 18.8 Å². The lowest BCUT2D eigenvalue weighted by atomic mass is 10.0. The largest absolute Gasteiger partial charge is 0.508 e. The molecule has 17 heavy (non-hydrogen) atoms. The number of benzene rings is 1. The van der Waals surface area contributed by atoms with Crippen LogP contribution in [-0.2, 0) is 6.54 Å². The van der Waals surface area contributed by atoms with Crippen molar-refractivity contribution in [3.8, 4) is 5.75 Å². The molecule has 0 saturated carbocycles. The third-order valence-electron chi connectivity index (χ3n) is 3.13. The molecule has 1 unspecified atom stereocenters. The molecule has 0 fully saturated rings. The van der Waals surface area contributed by atoms with E-state index in [1.807, 2.05) is 33.8 Å². The van der Waals surface area contributed by atoms with Gasteiger partial charge >= 0.3 is 0 Å². The lowest BCUT2D eigenvalue weighted by Gasteiger charge is -2.16. The number of nitrogens with one attached hydrogen (secondary N) is 1. The highest BCUT2D eigenvalue weighted by Crippen LogP contribution is 2.21. The Morgan fingerprint density at radius 1 is 1.18 bits per heavy atom. The van der Waals surface area contributed by atoms with Gasteiger partial charge in [-0.2, -0.15) is 0 Å². The van der Waals surface area contributed by atoms with Crippen molar-refractivity contribution in [2.45, 2.75) is 40.3 Å². The van der Waals surface area contributed by atoms with Crippen molar-refractivity contribution in [2.75, 3.05) is 6.54 Å². The highest BCUT2D eigenvalue weighted by Gasteiger charge is 2.09. The Balaban J connectivity index is 2.55. The van der Waals surface area contributed by atoms with Gasteiger partial charge in [-0.05, 0) is 37.0 Å². The van der Waals surface area contributed by atoms with Crippen LogP contribution < -0.4 is 5.32 Å². The lowest BCUT2D eigenvalue weighted by molar-refractivity contribution is 0.123. The average molecular weight is 237 g/mol. The number of hydrogen-bond acceptors (Lipinski definition) is 3. The van der Waals surface area contributed by atoms with E-state index >= 15 is 0 Å². The molecule has 96 valence electrons. The van der Waals surface area contributed by atoms with Gasteiger partial charge in [0.2, 0.25) is 0 Å². The minimum absolute atomic E-state index is 0.246. The van der Waals surface area contributed by atoms with Crippen LogP contribution in [0.2, 0.25) is 0 Å². The van der Waals surface area contributed by atoms with Crippen molar-refractivity contribution in [1.29, 1.82) is 0 Å². The Morgan fingerprint density at radius 3 is 2.35 bits per heavy atom. The molecule has 0 spiro atoms. The van der Waals surface area contributed by atoms with Crippen molar-refractivity contribution in [3.63, 3.8) is 0 Å². The zero-order valence-electron chi connectivity index (χ0n) is 11.1. The number of phenolic OH excluding ortho intramolecular Hbond substituents is 1. The van der Waals surface area contributed by atoms with Crippen molar-refractivity contribution in [1.82, 2.24) is 5.32 Å². The molecule has 3 heteroatoms. The van der Waals surface area contributed by atoms with Crippen LogP contribution in [0.1, 0.15) is 30.5 Å². The number of rotatable bonds is 5. The van der Waals surface area contributed by atoms with E-state index in [0.717, 1.165) is 11.1 Å². The molecule has 1 aromatic carbocycles. The van der Waals surface area contributed by atoms with E-state index in [2.05, 4.69) is 5.32 Å². The number of hydrogen-bond donors (Lipinski definition) is 3. The summed E-state index contributed by atoms with van der Waals surface area (Å²) in [5.41, 5.74) is 3.14. The minimum Gasteiger partial charge on any atom is -0.508 e. The van der Waals surface area contributed by atoms with Crippen LogP contribution in [0.3, 0.4) is 0 Å². The second-order valence-corrected chi connectivity index (χ2v) is 5.01. The van der Waals surface area contributed by atoms with Gasteiger partial charge in [0, 0.05) is 18.7 Å². The second kappa shape index (κ2) is 6.03. The molecule has 3 nitrogen and oxygen atoms in total. The maximum atomic E-state index is 9.79. The molecule has 0 saturated heterocycles. The number of aliphatic hydroxyl groups is 1. The first-order valence-corrected chi connectivity index (χ1v) is 6.09. The summed E-state index contributed by atoms with van der Waals surface area (Å²) in [6.45, 7) is 9.11. The molecule has 1 rings (SSSR count). The standard InChI is InChI=1S/C14H23NO2/c1-9(2)14(17)8-15-7-12-5-10(3)11(4)6-13(12)16/h5-6,9,14-17H,7-8H2,1-4H3. The topological polar surface area (TPSA) is 52.5 Å². The van der Waals surface area contributed by atoms with E-state index in [1.165, 1.54) is 5.56 Å². The number of aromatic hydroxyl groups is 1. The van der Waals surface area contributed by atoms with E-state index in [9.17, 15) is 10.2 Å². The van der Waals surface area contributed by atoms with Crippen LogP contribution in [0.5, 0.6) is 5.75 Å². The van der Waals surface area contributed by atoms with Gasteiger partial charge in [-0.25, -0.2) is 0 Å². The average Bonchev–Trinajstić information content (AvgIpc) is 2.25. The minimum atomic E-state index is -0.344. The predicted molar refractivity (Wildman–Crippen MR) is 70.1 cm³/mol. The highest BCUT2D eigenvalue weighted by molar-refractivity contribution is 5.40. The lowest BCUT2D eigenvalue weighted by Crippen LogP contribution is -2.30. The molecule has 0 aliphatic heterocycles. The zero-order chi connectivity index (χ0) is 13.0. The second-order valence-electron chi connectivity index (χ2n) is 5.01. The van der Waals surface area contributed by atoms with Gasteiger partial charge in [-0.15, -0.1) is 0 Å². The summed E-state index contributed by atoms with van der Waals surface area (Å²) in [6.07, 6.45) is -0.344. The molecule has 1 aromatic rings. The van der Waals surface area contributed by atoms with E-state index < -0.39 is 0 Å². The predicted octanol–water partition coefficient (Wildman–Crippen LogP) is 2.12. The van der Waals surface area contributed by atoms with Gasteiger partial charge in [0.1, 0.15) is 5.75 Å². The summed E-state index contributed by atoms with van der Waals surface area (Å²) in [4.78, 5) is 0. The summed E-state index contributed by atoms with van der Waals surface area (Å²) < 4.78 is 0. The molecule has 3 N–H and O–H groups in total. The van der Waals surface area contributed by atoms with E-state index in [4.69, 9.17) is 0 Å². The third-order valence-corrected chi connectivity index (χ3v) is 3.13. The fraction of sp³-hybridized carbons (Fsp3) is 0.571. The van der Waals surface area contributed by atoms with Crippen molar-refractivity contribution in [3.05, 3.63) is 28.8 Å². The van der Waals surface area contributed by atoms with Gasteiger partial charge < -0.3 is 15.5 Å². The molecule has 0 heterocycles. The monoisotopic (exact) mass is 237 g/mol. The summed E-state index contributed by atoms with van der Waals surface area (Å²) >= 11 is 0. The van der Waals surface area contributed by atoms with Crippen LogP contribution >= 0.6 is 0 Å². The fourth-order valence-corrected chi connectivity index (χ4v) is 1.59. The van der Waals surface area contributed by atoms with Gasteiger partial charge in [0.05, 0.1) is 6.10 Å². The summed E-state index contributed by atoms with van der Waals surface area (Å²) in [7, 11) is 0. The SMILES string of the molecule is Cc1cc(O)c(CNCC(O)C(C)C)cc1C. The Labute approximate surface area is 103 Å². The molecule has 0 aliphatic rings. The Bertz CT molecular complexity index is 375. The van der Waals surface area contributed by atoms with Crippen LogP contribution in [0.15, 0.2) is 12.1 Å². The van der Waals surface area contributed by atoms with Gasteiger partial charge in [-0.1, -0.05) is 19.9 Å². The Kier molecular flexibility index (Phi) is 4.97. The molecule has 0 amide bonds. The van der Waals surface area contributed by atoms with Crippen LogP contribution in [0, 0.1) is 19.8 Å². The molecule has 0 bridgehead atoms. The summed E-state index contributed by atoms with van der Waals surface area (Å²) in [6, 6.07) is 3.77. The molecule has 0 aliphatic carbocycles. The van der Waals surface area contributed by atoms with Crippen molar-refractivity contribution in [2.24, 2.45) is 5.92 Å². The first kappa shape index (κ1) is 14.0. The van der Waals surface area contributed by atoms with Gasteiger partial charge in [-0.3, -0.25) is 0 Å². The number of aliphatic hydroxyl groups excluding tert-OH is 1. The highest BCUT2D eigenvalue weighted by atomic mass is 16.3. The Morgan fingerprint density at radius 2 is 1.76 bits per heavy atom. The van der Waals surface area contributed by atoms with E-state index in [-0.39, 0.29) is 12.0 Å². The van der Waals surface area contributed by atoms with Crippen molar-refractivity contribution >= 4 is 0 Å². The quantitative estimate of drug-likeness (QED) is 0.735. The molecular weight excluding hydrogens is 214 g/mol. The maximum Gasteiger partial charge on any atom is 0.120 e. The molecule has 0 aromatic heterocycles. The normalized spacial score (nSPS) is 13.1. The van der Waals surface area contributed by atoms with Gasteiger partial charge in [0.15, 0.2) is 0 Å². The first-order chi connectivity index (χ1) is 7.91. The van der Waals surface area contributed by atoms with E-state index in [1.54, 1.807) is 6.07 Å². The third kappa shape index (κ3) is 4.02. The molecular formula is C14H23NO2. The van der Waals surface area contributed by atoms with Crippen LogP contribution in [0.25, 0.3) is 0 Å². The summed E-state index contributed by atoms with van der Waals surface area (Å²) in [5.74, 6) is 0.565. The first-order valence-electron chi connectivity index (χ1n) is 6.09. The van der Waals surface area contributed by atoms with Crippen molar-refractivity contribution < 1.29 is 10.2 Å². The van der Waals surface area contributed by atoms with Crippen LogP contribution in [-0.4, -0.2) is 22.9 Å². The van der Waals surface area contributed by atoms with Crippen LogP contribution in [0.4, 0.5) is 0 Å². The zero-order valence-corrected chi connectivity index (χ0v) is 11.1. The fourth-order valence-electron chi connectivity index (χ4n) is 1.59. The number of phenols is 1. The molecule has 1 atom stereocenters. The smallest absolute Gasteiger partial charge is 0.120 e. The summed E-state index contributed by atoms with van der Waals surface area (Å²) in [5, 5.41) is 22.6. The number of aryl methyl sites for hydroxylation is 2. The Hall–Kier alpha value is -1.06.